The van der Waals surface area contributed by atoms with E-state index in [1.807, 2.05) is 6.92 Å². The van der Waals surface area contributed by atoms with Crippen molar-refractivity contribution in [3.63, 3.8) is 0 Å². The first-order valence-corrected chi connectivity index (χ1v) is 8.33. The van der Waals surface area contributed by atoms with E-state index in [1.165, 1.54) is 22.8 Å². The number of carbonyl (C=O) groups is 1. The number of hydrogen-bond acceptors (Lipinski definition) is 5. The van der Waals surface area contributed by atoms with Crippen LogP contribution in [0.5, 0.6) is 0 Å². The molecule has 1 N–H and O–H groups in total. The van der Waals surface area contributed by atoms with Gasteiger partial charge in [0, 0.05) is 26.2 Å². The summed E-state index contributed by atoms with van der Waals surface area (Å²) in [6.45, 7) is 4.09. The van der Waals surface area contributed by atoms with E-state index < -0.39 is 16.2 Å². The molecule has 1 rings (SSSR count). The molecule has 7 nitrogen and oxygen atoms in total. The van der Waals surface area contributed by atoms with Crippen molar-refractivity contribution in [3.8, 4) is 0 Å². The highest BCUT2D eigenvalue weighted by atomic mass is 32.2. The van der Waals surface area contributed by atoms with Gasteiger partial charge in [0.1, 0.15) is 0 Å². The second-order valence-electron chi connectivity index (χ2n) is 4.84. The first kappa shape index (κ1) is 17.4. The van der Waals surface area contributed by atoms with E-state index in [9.17, 15) is 13.2 Å². The Labute approximate surface area is 121 Å². The van der Waals surface area contributed by atoms with Crippen LogP contribution in [0, 0.1) is 0 Å². The van der Waals surface area contributed by atoms with Crippen LogP contribution in [0.1, 0.15) is 26.2 Å². The molecule has 1 aliphatic rings. The smallest absolute Gasteiger partial charge is 0.306 e. The van der Waals surface area contributed by atoms with Crippen molar-refractivity contribution in [2.24, 2.45) is 0 Å². The molecule has 0 saturated carbocycles. The molecule has 8 heteroatoms. The van der Waals surface area contributed by atoms with Crippen molar-refractivity contribution < 1.29 is 17.9 Å². The van der Waals surface area contributed by atoms with Crippen molar-refractivity contribution >= 4 is 16.2 Å². The highest BCUT2D eigenvalue weighted by molar-refractivity contribution is 7.86. The highest BCUT2D eigenvalue weighted by Crippen LogP contribution is 2.18. The Morgan fingerprint density at radius 2 is 1.95 bits per heavy atom. The number of nitrogens with zero attached hydrogens (tertiary/aromatic N) is 2. The van der Waals surface area contributed by atoms with Crippen molar-refractivity contribution in [3.05, 3.63) is 0 Å². The molecule has 0 bridgehead atoms. The molecule has 0 amide bonds. The average molecular weight is 307 g/mol. The number of piperidine rings is 1. The Morgan fingerprint density at radius 1 is 1.35 bits per heavy atom. The first-order valence-electron chi connectivity index (χ1n) is 6.94. The predicted octanol–water partition coefficient (Wildman–Crippen LogP) is -0.200. The van der Waals surface area contributed by atoms with Gasteiger partial charge in [0.15, 0.2) is 0 Å². The number of rotatable bonds is 7. The summed E-state index contributed by atoms with van der Waals surface area (Å²) in [5, 5.41) is 3.23. The Kier molecular flexibility index (Phi) is 6.87. The molecule has 118 valence electrons. The van der Waals surface area contributed by atoms with Gasteiger partial charge in [-0.1, -0.05) is 6.92 Å². The van der Waals surface area contributed by atoms with Crippen LogP contribution in [0.15, 0.2) is 0 Å². The van der Waals surface area contributed by atoms with E-state index in [1.54, 1.807) is 0 Å². The summed E-state index contributed by atoms with van der Waals surface area (Å²) in [6, 6.07) is 0.0341. The molecule has 0 unspecified atom stereocenters. The first-order chi connectivity index (χ1) is 9.43. The third kappa shape index (κ3) is 4.41. The van der Waals surface area contributed by atoms with Gasteiger partial charge in [0.05, 0.1) is 13.5 Å². The third-order valence-electron chi connectivity index (χ3n) is 3.58. The highest BCUT2D eigenvalue weighted by Gasteiger charge is 2.32. The van der Waals surface area contributed by atoms with E-state index in [0.717, 1.165) is 25.9 Å². The van der Waals surface area contributed by atoms with Gasteiger partial charge in [-0.2, -0.15) is 17.0 Å². The molecule has 1 fully saturated rings. The lowest BCUT2D eigenvalue weighted by atomic mass is 10.1. The Balaban J connectivity index is 2.69. The zero-order valence-electron chi connectivity index (χ0n) is 12.5. The van der Waals surface area contributed by atoms with E-state index in [-0.39, 0.29) is 19.0 Å². The standard InChI is InChI=1S/C12H25N3O4S/c1-4-15(11-5-8-13-9-6-11)20(17,18)14(2)10-7-12(16)19-3/h11,13H,4-10H2,1-3H3. The predicted molar refractivity (Wildman–Crippen MR) is 76.5 cm³/mol. The number of ether oxygens (including phenoxy) is 1. The molecular formula is C12H25N3O4S. The minimum absolute atomic E-state index is 0.0341. The number of methoxy groups -OCH3 is 1. The Morgan fingerprint density at radius 3 is 2.45 bits per heavy atom. The maximum Gasteiger partial charge on any atom is 0.306 e. The summed E-state index contributed by atoms with van der Waals surface area (Å²) in [7, 11) is -0.726. The summed E-state index contributed by atoms with van der Waals surface area (Å²) in [5.41, 5.74) is 0. The lowest BCUT2D eigenvalue weighted by Crippen LogP contribution is -2.50. The fourth-order valence-electron chi connectivity index (χ4n) is 2.35. The molecule has 20 heavy (non-hydrogen) atoms. The van der Waals surface area contributed by atoms with Crippen LogP contribution in [0.3, 0.4) is 0 Å². The number of hydrogen-bond donors (Lipinski definition) is 1. The van der Waals surface area contributed by atoms with Crippen LogP contribution in [0.25, 0.3) is 0 Å². The largest absolute Gasteiger partial charge is 0.469 e. The maximum absolute atomic E-state index is 12.5. The van der Waals surface area contributed by atoms with E-state index in [4.69, 9.17) is 0 Å². The van der Waals surface area contributed by atoms with E-state index in [0.29, 0.717) is 6.54 Å². The van der Waals surface area contributed by atoms with E-state index >= 15 is 0 Å². The molecule has 0 aromatic carbocycles. The Hall–Kier alpha value is -0.700. The zero-order chi connectivity index (χ0) is 15.2. The fraction of sp³-hybridized carbons (Fsp3) is 0.917. The maximum atomic E-state index is 12.5. The van der Waals surface area contributed by atoms with Crippen LogP contribution in [-0.4, -0.2) is 69.4 Å². The normalized spacial score (nSPS) is 17.6. The van der Waals surface area contributed by atoms with Gasteiger partial charge in [-0.25, -0.2) is 0 Å². The summed E-state index contributed by atoms with van der Waals surface area (Å²) in [6.07, 6.45) is 1.70. The topological polar surface area (TPSA) is 79.0 Å². The monoisotopic (exact) mass is 307 g/mol. The summed E-state index contributed by atoms with van der Waals surface area (Å²) in [5.74, 6) is -0.406. The second-order valence-corrected chi connectivity index (χ2v) is 6.83. The van der Waals surface area contributed by atoms with Crippen LogP contribution in [0.4, 0.5) is 0 Å². The Bertz CT molecular complexity index is 407. The third-order valence-corrected chi connectivity index (χ3v) is 5.70. The average Bonchev–Trinajstić information content (AvgIpc) is 2.45. The minimum atomic E-state index is -3.52. The van der Waals surface area contributed by atoms with Crippen LogP contribution in [-0.2, 0) is 19.7 Å². The summed E-state index contributed by atoms with van der Waals surface area (Å²) < 4.78 is 32.4. The van der Waals surface area contributed by atoms with Crippen molar-refractivity contribution in [1.29, 1.82) is 0 Å². The molecular weight excluding hydrogens is 282 g/mol. The molecule has 1 saturated heterocycles. The van der Waals surface area contributed by atoms with Crippen molar-refractivity contribution in [2.75, 3.05) is 40.3 Å². The number of esters is 1. The van der Waals surface area contributed by atoms with Crippen LogP contribution >= 0.6 is 0 Å². The second kappa shape index (κ2) is 7.92. The molecule has 0 aromatic rings. The van der Waals surface area contributed by atoms with E-state index in [2.05, 4.69) is 10.1 Å². The van der Waals surface area contributed by atoms with Gasteiger partial charge in [0.25, 0.3) is 10.2 Å². The van der Waals surface area contributed by atoms with Crippen molar-refractivity contribution in [2.45, 2.75) is 32.2 Å². The van der Waals surface area contributed by atoms with Crippen molar-refractivity contribution in [1.82, 2.24) is 13.9 Å². The van der Waals surface area contributed by atoms with Crippen LogP contribution in [0.2, 0.25) is 0 Å². The quantitative estimate of drug-likeness (QED) is 0.659. The van der Waals surface area contributed by atoms with Crippen LogP contribution < -0.4 is 5.32 Å². The fourth-order valence-corrected chi connectivity index (χ4v) is 3.94. The van der Waals surface area contributed by atoms with Gasteiger partial charge in [-0.3, -0.25) is 4.79 Å². The SMILES string of the molecule is CCN(C1CCNCC1)S(=O)(=O)N(C)CCC(=O)OC. The number of nitrogens with one attached hydrogen (secondary N) is 1. The molecule has 0 aromatic heterocycles. The molecule has 0 atom stereocenters. The lowest BCUT2D eigenvalue weighted by Gasteiger charge is -2.35. The number of carbonyl (C=O) groups excluding carboxylic acids is 1. The summed E-state index contributed by atoms with van der Waals surface area (Å²) >= 11 is 0. The molecule has 0 aliphatic carbocycles. The molecule has 1 heterocycles. The summed E-state index contributed by atoms with van der Waals surface area (Å²) in [4.78, 5) is 11.1. The molecule has 0 radical (unpaired) electrons. The van der Waals surface area contributed by atoms with Gasteiger partial charge >= 0.3 is 5.97 Å². The molecule has 1 aliphatic heterocycles. The molecule has 0 spiro atoms. The minimum Gasteiger partial charge on any atom is -0.469 e. The van der Waals surface area contributed by atoms with Gasteiger partial charge in [0.2, 0.25) is 0 Å². The lowest BCUT2D eigenvalue weighted by molar-refractivity contribution is -0.140. The zero-order valence-corrected chi connectivity index (χ0v) is 13.3. The van der Waals surface area contributed by atoms with Gasteiger partial charge in [-0.15, -0.1) is 0 Å². The van der Waals surface area contributed by atoms with Gasteiger partial charge < -0.3 is 10.1 Å². The van der Waals surface area contributed by atoms with Gasteiger partial charge in [-0.05, 0) is 25.9 Å².